The van der Waals surface area contributed by atoms with Crippen LogP contribution in [0.4, 0.5) is 5.95 Å². The van der Waals surface area contributed by atoms with Crippen LogP contribution in [-0.4, -0.2) is 21.1 Å². The van der Waals surface area contributed by atoms with Gasteiger partial charge in [-0.2, -0.15) is 4.98 Å². The number of para-hydroxylation sites is 1. The summed E-state index contributed by atoms with van der Waals surface area (Å²) in [6.45, 7) is 4.64. The molecular weight excluding hydrogens is 264 g/mol. The molecular formula is C16H16N4O. The minimum absolute atomic E-state index is 0.103. The minimum atomic E-state index is -0.103. The van der Waals surface area contributed by atoms with Gasteiger partial charge in [0.25, 0.3) is 5.56 Å². The molecule has 0 aliphatic heterocycles. The van der Waals surface area contributed by atoms with Gasteiger partial charge < -0.3 is 5.32 Å². The Morgan fingerprint density at radius 1 is 1.10 bits per heavy atom. The van der Waals surface area contributed by atoms with Gasteiger partial charge in [-0.15, -0.1) is 0 Å². The zero-order valence-electron chi connectivity index (χ0n) is 12.0. The fraction of sp³-hybridized carbons (Fsp3) is 0.188. The smallest absolute Gasteiger partial charge is 0.256 e. The van der Waals surface area contributed by atoms with Crippen LogP contribution < -0.4 is 10.9 Å². The number of fused-ring (bicyclic) bond motifs is 1. The maximum atomic E-state index is 12.3. The number of pyridine rings is 1. The molecule has 2 heterocycles. The number of hydrogen-bond donors (Lipinski definition) is 1. The van der Waals surface area contributed by atoms with Crippen LogP contribution in [0.3, 0.4) is 0 Å². The lowest BCUT2D eigenvalue weighted by Crippen LogP contribution is -2.19. The summed E-state index contributed by atoms with van der Waals surface area (Å²) in [6.07, 6.45) is 0. The third kappa shape index (κ3) is 2.38. The van der Waals surface area contributed by atoms with Gasteiger partial charge in [-0.1, -0.05) is 18.2 Å². The molecule has 1 N–H and O–H groups in total. The van der Waals surface area contributed by atoms with Crippen molar-refractivity contribution in [2.24, 2.45) is 0 Å². The fourth-order valence-corrected chi connectivity index (χ4v) is 2.33. The van der Waals surface area contributed by atoms with Crippen LogP contribution in [0.1, 0.15) is 12.6 Å². The number of aromatic nitrogens is 3. The molecule has 21 heavy (non-hydrogen) atoms. The van der Waals surface area contributed by atoms with E-state index >= 15 is 0 Å². The summed E-state index contributed by atoms with van der Waals surface area (Å²) in [5.74, 6) is 0.540. The van der Waals surface area contributed by atoms with Gasteiger partial charge in [0.05, 0.1) is 11.4 Å². The van der Waals surface area contributed by atoms with E-state index in [0.29, 0.717) is 11.6 Å². The van der Waals surface area contributed by atoms with Crippen molar-refractivity contribution in [2.75, 3.05) is 11.9 Å². The Morgan fingerprint density at radius 2 is 1.86 bits per heavy atom. The second-order valence-corrected chi connectivity index (χ2v) is 4.74. The average molecular weight is 280 g/mol. The lowest BCUT2D eigenvalue weighted by molar-refractivity contribution is 0.987. The lowest BCUT2D eigenvalue weighted by Gasteiger charge is -2.12. The summed E-state index contributed by atoms with van der Waals surface area (Å²) in [7, 11) is 0. The quantitative estimate of drug-likeness (QED) is 0.801. The summed E-state index contributed by atoms with van der Waals surface area (Å²) in [5, 5.41) is 3.98. The van der Waals surface area contributed by atoms with Gasteiger partial charge in [0.2, 0.25) is 5.95 Å². The first-order chi connectivity index (χ1) is 10.2. The van der Waals surface area contributed by atoms with E-state index in [4.69, 9.17) is 0 Å². The van der Waals surface area contributed by atoms with Crippen molar-refractivity contribution in [3.63, 3.8) is 0 Å². The highest BCUT2D eigenvalue weighted by molar-refractivity contribution is 5.80. The van der Waals surface area contributed by atoms with Crippen molar-refractivity contribution in [1.82, 2.24) is 14.5 Å². The van der Waals surface area contributed by atoms with E-state index in [1.807, 2.05) is 44.2 Å². The molecule has 0 saturated heterocycles. The molecule has 2 aromatic heterocycles. The van der Waals surface area contributed by atoms with Crippen molar-refractivity contribution in [2.45, 2.75) is 13.8 Å². The molecule has 1 aromatic carbocycles. The van der Waals surface area contributed by atoms with Crippen molar-refractivity contribution < 1.29 is 0 Å². The largest absolute Gasteiger partial charge is 0.354 e. The number of anilines is 1. The van der Waals surface area contributed by atoms with Crippen LogP contribution in [0.2, 0.25) is 0 Å². The topological polar surface area (TPSA) is 59.8 Å². The summed E-state index contributed by atoms with van der Waals surface area (Å²) < 4.78 is 1.62. The third-order valence-corrected chi connectivity index (χ3v) is 3.29. The van der Waals surface area contributed by atoms with Crippen LogP contribution in [0.5, 0.6) is 0 Å². The Morgan fingerprint density at radius 3 is 2.57 bits per heavy atom. The number of nitrogens with zero attached hydrogens (tertiary/aromatic N) is 3. The molecule has 0 amide bonds. The van der Waals surface area contributed by atoms with E-state index < -0.39 is 0 Å². The Hall–Kier alpha value is -2.69. The second-order valence-electron chi connectivity index (χ2n) is 4.74. The molecule has 0 spiro atoms. The summed E-state index contributed by atoms with van der Waals surface area (Å²) in [6, 6.07) is 12.8. The molecule has 0 aliphatic rings. The average Bonchev–Trinajstić information content (AvgIpc) is 2.48. The number of aryl methyl sites for hydroxylation is 1. The molecule has 0 aliphatic carbocycles. The zero-order valence-corrected chi connectivity index (χ0v) is 12.0. The van der Waals surface area contributed by atoms with Gasteiger partial charge >= 0.3 is 0 Å². The van der Waals surface area contributed by atoms with Crippen LogP contribution >= 0.6 is 0 Å². The van der Waals surface area contributed by atoms with E-state index in [9.17, 15) is 4.79 Å². The predicted molar refractivity (Wildman–Crippen MR) is 84.0 cm³/mol. The van der Waals surface area contributed by atoms with Gasteiger partial charge in [0.1, 0.15) is 0 Å². The SMILES string of the molecule is CCNc1nc(C)c2ccc(=O)n(-c3ccccc3)c2n1. The van der Waals surface area contributed by atoms with Gasteiger partial charge in [-0.05, 0) is 32.0 Å². The summed E-state index contributed by atoms with van der Waals surface area (Å²) in [4.78, 5) is 21.2. The molecule has 106 valence electrons. The Bertz CT molecular complexity index is 840. The third-order valence-electron chi connectivity index (χ3n) is 3.29. The summed E-state index contributed by atoms with van der Waals surface area (Å²) >= 11 is 0. The standard InChI is InChI=1S/C16H16N4O/c1-3-17-16-18-11(2)13-9-10-14(21)20(15(13)19-16)12-7-5-4-6-8-12/h4-10H,3H2,1-2H3,(H,17,18,19). The van der Waals surface area contributed by atoms with Crippen molar-refractivity contribution in [1.29, 1.82) is 0 Å². The Kier molecular flexibility index (Phi) is 3.39. The Balaban J connectivity index is 2.37. The lowest BCUT2D eigenvalue weighted by atomic mass is 10.2. The number of benzene rings is 1. The van der Waals surface area contributed by atoms with E-state index in [-0.39, 0.29) is 5.56 Å². The first kappa shape index (κ1) is 13.3. The molecule has 0 unspecified atom stereocenters. The predicted octanol–water partition coefficient (Wildman–Crippen LogP) is 2.52. The number of rotatable bonds is 3. The molecule has 0 bridgehead atoms. The number of nitrogens with one attached hydrogen (secondary N) is 1. The van der Waals surface area contributed by atoms with Crippen LogP contribution in [0.25, 0.3) is 16.7 Å². The first-order valence-corrected chi connectivity index (χ1v) is 6.90. The van der Waals surface area contributed by atoms with E-state index in [1.54, 1.807) is 16.7 Å². The first-order valence-electron chi connectivity index (χ1n) is 6.90. The van der Waals surface area contributed by atoms with Crippen molar-refractivity contribution in [3.8, 4) is 5.69 Å². The molecule has 5 heteroatoms. The highest BCUT2D eigenvalue weighted by Crippen LogP contribution is 2.18. The minimum Gasteiger partial charge on any atom is -0.354 e. The molecule has 0 atom stereocenters. The molecule has 5 nitrogen and oxygen atoms in total. The molecule has 3 rings (SSSR count). The second kappa shape index (κ2) is 5.36. The van der Waals surface area contributed by atoms with Crippen molar-refractivity contribution >= 4 is 17.0 Å². The van der Waals surface area contributed by atoms with Crippen LogP contribution in [-0.2, 0) is 0 Å². The summed E-state index contributed by atoms with van der Waals surface area (Å²) in [5.41, 5.74) is 2.17. The maximum absolute atomic E-state index is 12.3. The van der Waals surface area contributed by atoms with Crippen LogP contribution in [0, 0.1) is 6.92 Å². The molecule has 0 fully saturated rings. The normalized spacial score (nSPS) is 10.8. The molecule has 0 radical (unpaired) electrons. The van der Waals surface area contributed by atoms with E-state index in [2.05, 4.69) is 15.3 Å². The van der Waals surface area contributed by atoms with E-state index in [0.717, 1.165) is 23.3 Å². The zero-order chi connectivity index (χ0) is 14.8. The molecule has 0 saturated carbocycles. The van der Waals surface area contributed by atoms with Gasteiger partial charge in [-0.25, -0.2) is 4.98 Å². The van der Waals surface area contributed by atoms with Gasteiger partial charge in [0.15, 0.2) is 5.65 Å². The van der Waals surface area contributed by atoms with Gasteiger partial charge in [-0.3, -0.25) is 9.36 Å². The number of hydrogen-bond acceptors (Lipinski definition) is 4. The fourth-order valence-electron chi connectivity index (χ4n) is 2.33. The molecule has 3 aromatic rings. The maximum Gasteiger partial charge on any atom is 0.256 e. The van der Waals surface area contributed by atoms with Crippen LogP contribution in [0.15, 0.2) is 47.3 Å². The highest BCUT2D eigenvalue weighted by Gasteiger charge is 2.10. The monoisotopic (exact) mass is 280 g/mol. The van der Waals surface area contributed by atoms with Gasteiger partial charge in [0, 0.05) is 18.0 Å². The van der Waals surface area contributed by atoms with Crippen molar-refractivity contribution in [3.05, 3.63) is 58.5 Å². The highest BCUT2D eigenvalue weighted by atomic mass is 16.1. The Labute approximate surface area is 122 Å². The van der Waals surface area contributed by atoms with E-state index in [1.165, 1.54) is 0 Å².